The third-order valence-electron chi connectivity index (χ3n) is 4.57. The highest BCUT2D eigenvalue weighted by atomic mass is 32.1. The smallest absolute Gasteiger partial charge is 0.263 e. The second-order valence-corrected chi connectivity index (χ2v) is 8.51. The van der Waals surface area contributed by atoms with Gasteiger partial charge in [0.15, 0.2) is 0 Å². The molecule has 0 fully saturated rings. The van der Waals surface area contributed by atoms with E-state index in [0.29, 0.717) is 32.8 Å². The van der Waals surface area contributed by atoms with Crippen molar-refractivity contribution in [2.45, 2.75) is 20.1 Å². The number of ether oxygens (including phenoxy) is 2. The molecule has 0 unspecified atom stereocenters. The summed E-state index contributed by atoms with van der Waals surface area (Å²) in [5, 5.41) is 13.9. The lowest BCUT2D eigenvalue weighted by molar-refractivity contribution is -0.116. The van der Waals surface area contributed by atoms with E-state index < -0.39 is 0 Å². The third-order valence-corrected chi connectivity index (χ3v) is 6.25. The number of hydrogen-bond donors (Lipinski definition) is 1. The lowest BCUT2D eigenvalue weighted by Gasteiger charge is -2.10. The summed E-state index contributed by atoms with van der Waals surface area (Å²) in [5.41, 5.74) is 1.40. The van der Waals surface area contributed by atoms with E-state index in [1.54, 1.807) is 21.1 Å². The quantitative estimate of drug-likeness (QED) is 0.454. The number of amides is 1. The van der Waals surface area contributed by atoms with E-state index in [4.69, 9.17) is 9.47 Å². The van der Waals surface area contributed by atoms with Crippen LogP contribution in [0.3, 0.4) is 0 Å². The SMILES string of the molecule is COCc1nnc(NC(=O)Cn2c(C)nc3scc(-c4ccc(OC)cc4)c3c2=O)s1. The Labute approximate surface area is 185 Å². The van der Waals surface area contributed by atoms with Gasteiger partial charge in [-0.15, -0.1) is 21.5 Å². The molecule has 0 radical (unpaired) electrons. The molecule has 0 aliphatic carbocycles. The van der Waals surface area contributed by atoms with Crippen molar-refractivity contribution in [1.29, 1.82) is 0 Å². The van der Waals surface area contributed by atoms with Crippen LogP contribution in [0.15, 0.2) is 34.4 Å². The zero-order chi connectivity index (χ0) is 22.0. The van der Waals surface area contributed by atoms with Crippen molar-refractivity contribution >= 4 is 43.9 Å². The summed E-state index contributed by atoms with van der Waals surface area (Å²) in [6.45, 7) is 1.85. The number of fused-ring (bicyclic) bond motifs is 1. The van der Waals surface area contributed by atoms with Gasteiger partial charge in [-0.25, -0.2) is 4.98 Å². The minimum atomic E-state index is -0.382. The van der Waals surface area contributed by atoms with Crippen LogP contribution >= 0.6 is 22.7 Å². The number of nitrogens with zero attached hydrogens (tertiary/aromatic N) is 4. The summed E-state index contributed by atoms with van der Waals surface area (Å²) < 4.78 is 11.6. The molecule has 0 atom stereocenters. The van der Waals surface area contributed by atoms with Gasteiger partial charge in [0.25, 0.3) is 5.56 Å². The Hall–Kier alpha value is -3.15. The van der Waals surface area contributed by atoms with Gasteiger partial charge in [0, 0.05) is 18.1 Å². The topological polar surface area (TPSA) is 108 Å². The van der Waals surface area contributed by atoms with E-state index in [9.17, 15) is 9.59 Å². The first kappa shape index (κ1) is 21.1. The first-order valence-electron chi connectivity index (χ1n) is 9.24. The molecule has 3 heterocycles. The molecule has 11 heteroatoms. The van der Waals surface area contributed by atoms with Crippen LogP contribution in [0.4, 0.5) is 5.13 Å². The van der Waals surface area contributed by atoms with E-state index >= 15 is 0 Å². The molecule has 160 valence electrons. The Balaban J connectivity index is 1.64. The Morgan fingerprint density at radius 2 is 1.97 bits per heavy atom. The van der Waals surface area contributed by atoms with Crippen molar-refractivity contribution < 1.29 is 14.3 Å². The van der Waals surface area contributed by atoms with Crippen LogP contribution in [-0.2, 0) is 22.7 Å². The monoisotopic (exact) mass is 457 g/mol. The number of carbonyl (C=O) groups is 1. The second kappa shape index (κ2) is 8.92. The summed E-state index contributed by atoms with van der Waals surface area (Å²) in [6.07, 6.45) is 0. The fourth-order valence-corrected chi connectivity index (χ4v) is 4.79. The van der Waals surface area contributed by atoms with Crippen molar-refractivity contribution in [1.82, 2.24) is 19.7 Å². The molecule has 0 saturated heterocycles. The van der Waals surface area contributed by atoms with Crippen LogP contribution in [0.1, 0.15) is 10.8 Å². The highest BCUT2D eigenvalue weighted by Crippen LogP contribution is 2.32. The normalized spacial score (nSPS) is 11.1. The lowest BCUT2D eigenvalue weighted by atomic mass is 10.1. The molecule has 0 bridgehead atoms. The maximum atomic E-state index is 13.3. The standard InChI is InChI=1S/C20H19N5O4S2/c1-11-21-18-17(14(10-30-18)12-4-6-13(29-3)7-5-12)19(27)25(11)8-15(26)22-20-24-23-16(31-20)9-28-2/h4-7,10H,8-9H2,1-3H3,(H,22,24,26). The van der Waals surface area contributed by atoms with Gasteiger partial charge in [0.2, 0.25) is 11.0 Å². The number of methoxy groups -OCH3 is 2. The fourth-order valence-electron chi connectivity index (χ4n) is 3.08. The molecular formula is C20H19N5O4S2. The van der Waals surface area contributed by atoms with Crippen molar-refractivity contribution in [3.8, 4) is 16.9 Å². The number of anilines is 1. The predicted molar refractivity (Wildman–Crippen MR) is 120 cm³/mol. The van der Waals surface area contributed by atoms with Gasteiger partial charge in [0.05, 0.1) is 12.5 Å². The number of rotatable bonds is 7. The first-order valence-corrected chi connectivity index (χ1v) is 10.9. The molecule has 0 saturated carbocycles. The zero-order valence-corrected chi connectivity index (χ0v) is 18.7. The summed E-state index contributed by atoms with van der Waals surface area (Å²) >= 11 is 2.62. The average Bonchev–Trinajstić information content (AvgIpc) is 3.38. The molecular weight excluding hydrogens is 438 g/mol. The van der Waals surface area contributed by atoms with Crippen LogP contribution in [0.25, 0.3) is 21.3 Å². The Morgan fingerprint density at radius 1 is 1.19 bits per heavy atom. The molecule has 9 nitrogen and oxygen atoms in total. The van der Waals surface area contributed by atoms with Crippen molar-refractivity contribution in [2.75, 3.05) is 19.5 Å². The van der Waals surface area contributed by atoms with Gasteiger partial charge in [-0.05, 0) is 24.6 Å². The summed E-state index contributed by atoms with van der Waals surface area (Å²) in [5.74, 6) is 0.817. The lowest BCUT2D eigenvalue weighted by Crippen LogP contribution is -2.30. The molecule has 1 aromatic carbocycles. The molecule has 0 aliphatic heterocycles. The van der Waals surface area contributed by atoms with Gasteiger partial charge >= 0.3 is 0 Å². The van der Waals surface area contributed by atoms with Gasteiger partial charge in [0.1, 0.15) is 34.6 Å². The third kappa shape index (κ3) is 4.33. The second-order valence-electron chi connectivity index (χ2n) is 6.59. The number of aromatic nitrogens is 4. The maximum Gasteiger partial charge on any atom is 0.263 e. The van der Waals surface area contributed by atoms with Gasteiger partial charge < -0.3 is 9.47 Å². The Kier molecular flexibility index (Phi) is 6.07. The molecule has 31 heavy (non-hydrogen) atoms. The minimum absolute atomic E-state index is 0.176. The number of carbonyl (C=O) groups excluding carboxylic acids is 1. The molecule has 0 aliphatic rings. The highest BCUT2D eigenvalue weighted by Gasteiger charge is 2.18. The van der Waals surface area contributed by atoms with E-state index in [2.05, 4.69) is 20.5 Å². The van der Waals surface area contributed by atoms with Crippen LogP contribution in [0.2, 0.25) is 0 Å². The summed E-state index contributed by atoms with van der Waals surface area (Å²) in [7, 11) is 3.16. The molecule has 4 rings (SSSR count). The van der Waals surface area contributed by atoms with Gasteiger partial charge in [-0.2, -0.15) is 0 Å². The minimum Gasteiger partial charge on any atom is -0.497 e. The molecule has 0 spiro atoms. The Morgan fingerprint density at radius 3 is 2.68 bits per heavy atom. The van der Waals surface area contributed by atoms with E-state index in [-0.39, 0.29) is 18.0 Å². The first-order chi connectivity index (χ1) is 15.0. The Bertz CT molecular complexity index is 1290. The number of aryl methyl sites for hydroxylation is 1. The van der Waals surface area contributed by atoms with Gasteiger partial charge in [-0.1, -0.05) is 23.5 Å². The molecule has 1 amide bonds. The number of benzene rings is 1. The fraction of sp³-hybridized carbons (Fsp3) is 0.250. The molecule has 1 N–H and O–H groups in total. The van der Waals surface area contributed by atoms with Crippen LogP contribution in [0, 0.1) is 6.92 Å². The van der Waals surface area contributed by atoms with Gasteiger partial charge in [-0.3, -0.25) is 19.5 Å². The highest BCUT2D eigenvalue weighted by molar-refractivity contribution is 7.17. The average molecular weight is 458 g/mol. The maximum absolute atomic E-state index is 13.3. The number of thiophene rings is 1. The van der Waals surface area contributed by atoms with E-state index in [1.165, 1.54) is 27.2 Å². The van der Waals surface area contributed by atoms with Crippen LogP contribution < -0.4 is 15.6 Å². The summed E-state index contributed by atoms with van der Waals surface area (Å²) in [4.78, 5) is 31.0. The van der Waals surface area contributed by atoms with Crippen molar-refractivity contribution in [3.05, 3.63) is 50.8 Å². The molecule has 4 aromatic rings. The van der Waals surface area contributed by atoms with Crippen LogP contribution in [-0.4, -0.2) is 39.9 Å². The number of hydrogen-bond acceptors (Lipinski definition) is 9. The molecule has 3 aromatic heterocycles. The summed E-state index contributed by atoms with van der Waals surface area (Å²) in [6, 6.07) is 7.46. The zero-order valence-electron chi connectivity index (χ0n) is 17.0. The van der Waals surface area contributed by atoms with Crippen molar-refractivity contribution in [2.24, 2.45) is 0 Å². The van der Waals surface area contributed by atoms with E-state index in [0.717, 1.165) is 16.9 Å². The van der Waals surface area contributed by atoms with Crippen molar-refractivity contribution in [3.63, 3.8) is 0 Å². The largest absolute Gasteiger partial charge is 0.497 e. The van der Waals surface area contributed by atoms with Crippen LogP contribution in [0.5, 0.6) is 5.75 Å². The van der Waals surface area contributed by atoms with E-state index in [1.807, 2.05) is 29.6 Å². The predicted octanol–water partition coefficient (Wildman–Crippen LogP) is 3.08. The number of nitrogens with one attached hydrogen (secondary N) is 1.